The molecule has 0 N–H and O–H groups in total. The minimum atomic E-state index is 0.0240. The number of hydrogen-bond acceptors (Lipinski definition) is 2. The first-order valence-corrected chi connectivity index (χ1v) is 10.2. The summed E-state index contributed by atoms with van der Waals surface area (Å²) in [6.45, 7) is 7.31. The fourth-order valence-electron chi connectivity index (χ4n) is 4.72. The molecule has 1 aromatic heterocycles. The zero-order chi connectivity index (χ0) is 20.8. The summed E-state index contributed by atoms with van der Waals surface area (Å²) in [5, 5.41) is 4.42. The fraction of sp³-hybridized carbons (Fsp3) is 0.360. The Labute approximate surface area is 173 Å². The predicted molar refractivity (Wildman–Crippen MR) is 117 cm³/mol. The molecule has 0 spiro atoms. The van der Waals surface area contributed by atoms with Crippen LogP contribution in [0.2, 0.25) is 0 Å². The van der Waals surface area contributed by atoms with Crippen molar-refractivity contribution in [2.45, 2.75) is 32.6 Å². The summed E-state index contributed by atoms with van der Waals surface area (Å²) in [7, 11) is 3.84. The van der Waals surface area contributed by atoms with Crippen molar-refractivity contribution in [1.29, 1.82) is 0 Å². The van der Waals surface area contributed by atoms with E-state index >= 15 is 0 Å². The van der Waals surface area contributed by atoms with Gasteiger partial charge in [-0.2, -0.15) is 5.10 Å². The number of amides is 1. The first-order valence-electron chi connectivity index (χ1n) is 10.2. The predicted octanol–water partition coefficient (Wildman–Crippen LogP) is 4.84. The molecular weight excluding hydrogens is 358 g/mol. The number of likely N-dealkylation sites (N-methyl/N-ethyl adjacent to an activating group) is 1. The van der Waals surface area contributed by atoms with Crippen molar-refractivity contribution >= 4 is 5.91 Å². The van der Waals surface area contributed by atoms with Crippen LogP contribution in [-0.4, -0.2) is 34.2 Å². The molecular formula is C25H29N3O. The largest absolute Gasteiger partial charge is 0.341 e. The standard InChI is InChI=1S/C25H29N3O/c1-18-22(15-28(5)26-18)19-10-9-11-20(14-19)23(29)27(4)17-25(16-24(25,2)3)21-12-7-6-8-13-21/h6-15H,16-17H2,1-5H3/t25-/m1/s1. The molecule has 4 nitrogen and oxygen atoms in total. The van der Waals surface area contributed by atoms with Crippen molar-refractivity contribution in [3.63, 3.8) is 0 Å². The summed E-state index contributed by atoms with van der Waals surface area (Å²) in [5.41, 5.74) is 5.31. The zero-order valence-corrected chi connectivity index (χ0v) is 17.9. The lowest BCUT2D eigenvalue weighted by Gasteiger charge is -2.28. The van der Waals surface area contributed by atoms with Crippen LogP contribution < -0.4 is 0 Å². The van der Waals surface area contributed by atoms with Crippen molar-refractivity contribution in [3.05, 3.63) is 77.6 Å². The van der Waals surface area contributed by atoms with Gasteiger partial charge in [0.15, 0.2) is 0 Å². The second-order valence-electron chi connectivity index (χ2n) is 9.05. The maximum atomic E-state index is 13.3. The van der Waals surface area contributed by atoms with Crippen LogP contribution in [0, 0.1) is 12.3 Å². The maximum Gasteiger partial charge on any atom is 0.253 e. The molecule has 1 atom stereocenters. The second-order valence-corrected chi connectivity index (χ2v) is 9.05. The molecule has 0 radical (unpaired) electrons. The summed E-state index contributed by atoms with van der Waals surface area (Å²) in [4.78, 5) is 15.2. The Morgan fingerprint density at radius 1 is 1.14 bits per heavy atom. The van der Waals surface area contributed by atoms with Crippen molar-refractivity contribution in [1.82, 2.24) is 14.7 Å². The lowest BCUT2D eigenvalue weighted by atomic mass is 9.87. The van der Waals surface area contributed by atoms with Gasteiger partial charge in [0.2, 0.25) is 0 Å². The van der Waals surface area contributed by atoms with Gasteiger partial charge in [-0.05, 0) is 42.0 Å². The lowest BCUT2D eigenvalue weighted by molar-refractivity contribution is 0.0775. The van der Waals surface area contributed by atoms with Gasteiger partial charge in [-0.25, -0.2) is 0 Å². The van der Waals surface area contributed by atoms with Crippen LogP contribution in [0.1, 0.15) is 41.9 Å². The van der Waals surface area contributed by atoms with Gasteiger partial charge in [-0.1, -0.05) is 56.3 Å². The summed E-state index contributed by atoms with van der Waals surface area (Å²) in [6, 6.07) is 18.5. The quantitative estimate of drug-likeness (QED) is 0.628. The van der Waals surface area contributed by atoms with Crippen molar-refractivity contribution in [2.75, 3.05) is 13.6 Å². The minimum absolute atomic E-state index is 0.0240. The van der Waals surface area contributed by atoms with E-state index in [2.05, 4.69) is 43.2 Å². The highest BCUT2D eigenvalue weighted by Gasteiger charge is 2.62. The molecule has 3 aromatic rings. The summed E-state index contributed by atoms with van der Waals surface area (Å²) < 4.78 is 1.81. The van der Waals surface area contributed by atoms with Crippen molar-refractivity contribution < 1.29 is 4.79 Å². The second kappa shape index (κ2) is 6.87. The van der Waals surface area contributed by atoms with Gasteiger partial charge in [0.25, 0.3) is 5.91 Å². The van der Waals surface area contributed by atoms with E-state index in [9.17, 15) is 4.79 Å². The monoisotopic (exact) mass is 387 g/mol. The minimum Gasteiger partial charge on any atom is -0.341 e. The fourth-order valence-corrected chi connectivity index (χ4v) is 4.72. The first-order chi connectivity index (χ1) is 13.7. The number of benzene rings is 2. The lowest BCUT2D eigenvalue weighted by Crippen LogP contribution is -2.36. The van der Waals surface area contributed by atoms with E-state index < -0.39 is 0 Å². The highest BCUT2D eigenvalue weighted by Crippen LogP contribution is 2.64. The topological polar surface area (TPSA) is 38.1 Å². The molecule has 150 valence electrons. The molecule has 1 aliphatic rings. The van der Waals surface area contributed by atoms with Crippen LogP contribution in [0.5, 0.6) is 0 Å². The molecule has 0 saturated heterocycles. The van der Waals surface area contributed by atoms with E-state index in [1.165, 1.54) is 5.56 Å². The Morgan fingerprint density at radius 2 is 1.83 bits per heavy atom. The number of aromatic nitrogens is 2. The molecule has 1 heterocycles. The van der Waals surface area contributed by atoms with Crippen LogP contribution in [0.4, 0.5) is 0 Å². The third-order valence-corrected chi connectivity index (χ3v) is 6.53. The smallest absolute Gasteiger partial charge is 0.253 e. The van der Waals surface area contributed by atoms with Gasteiger partial charge < -0.3 is 4.90 Å². The average molecular weight is 388 g/mol. The Balaban J connectivity index is 1.59. The third kappa shape index (κ3) is 3.37. The number of carbonyl (C=O) groups is 1. The van der Waals surface area contributed by atoms with Gasteiger partial charge in [0, 0.05) is 43.4 Å². The molecule has 1 saturated carbocycles. The number of hydrogen-bond donors (Lipinski definition) is 0. The summed E-state index contributed by atoms with van der Waals surface area (Å²) in [5.74, 6) is 0.0615. The van der Waals surface area contributed by atoms with Gasteiger partial charge >= 0.3 is 0 Å². The first kappa shape index (κ1) is 19.4. The highest BCUT2D eigenvalue weighted by molar-refractivity contribution is 5.95. The Bertz CT molecular complexity index is 1050. The third-order valence-electron chi connectivity index (χ3n) is 6.53. The number of rotatable bonds is 5. The Morgan fingerprint density at radius 3 is 2.41 bits per heavy atom. The van der Waals surface area contributed by atoms with E-state index in [-0.39, 0.29) is 16.7 Å². The number of nitrogens with zero attached hydrogens (tertiary/aromatic N) is 3. The van der Waals surface area contributed by atoms with E-state index in [1.807, 2.05) is 67.1 Å². The Kier molecular flexibility index (Phi) is 4.60. The molecule has 4 heteroatoms. The highest BCUT2D eigenvalue weighted by atomic mass is 16.2. The number of aryl methyl sites for hydroxylation is 2. The van der Waals surface area contributed by atoms with Gasteiger partial charge in [0.05, 0.1) is 5.69 Å². The van der Waals surface area contributed by atoms with Crippen LogP contribution >= 0.6 is 0 Å². The average Bonchev–Trinajstić information content (AvgIpc) is 3.08. The van der Waals surface area contributed by atoms with Gasteiger partial charge in [0.1, 0.15) is 0 Å². The van der Waals surface area contributed by atoms with Crippen molar-refractivity contribution in [2.24, 2.45) is 12.5 Å². The van der Waals surface area contributed by atoms with Crippen LogP contribution in [0.25, 0.3) is 11.1 Å². The van der Waals surface area contributed by atoms with Gasteiger partial charge in [-0.3, -0.25) is 9.48 Å². The maximum absolute atomic E-state index is 13.3. The molecule has 2 aromatic carbocycles. The van der Waals surface area contributed by atoms with Crippen LogP contribution in [0.15, 0.2) is 60.8 Å². The molecule has 1 fully saturated rings. The summed E-state index contributed by atoms with van der Waals surface area (Å²) >= 11 is 0. The molecule has 0 unspecified atom stereocenters. The zero-order valence-electron chi connectivity index (χ0n) is 17.9. The molecule has 29 heavy (non-hydrogen) atoms. The molecule has 1 aliphatic carbocycles. The number of carbonyl (C=O) groups excluding carboxylic acids is 1. The van der Waals surface area contributed by atoms with E-state index in [4.69, 9.17) is 0 Å². The summed E-state index contributed by atoms with van der Waals surface area (Å²) in [6.07, 6.45) is 3.09. The SMILES string of the molecule is Cc1nn(C)cc1-c1cccc(C(=O)N(C)C[C@@]2(c3ccccc3)CC2(C)C)c1. The normalized spacial score (nSPS) is 19.8. The molecule has 0 bridgehead atoms. The Hall–Kier alpha value is -2.88. The molecule has 0 aliphatic heterocycles. The molecule has 1 amide bonds. The van der Waals surface area contributed by atoms with E-state index in [0.29, 0.717) is 0 Å². The van der Waals surface area contributed by atoms with Crippen LogP contribution in [-0.2, 0) is 12.5 Å². The van der Waals surface area contributed by atoms with E-state index in [0.717, 1.165) is 35.3 Å². The van der Waals surface area contributed by atoms with Gasteiger partial charge in [-0.15, -0.1) is 0 Å². The van der Waals surface area contributed by atoms with Crippen LogP contribution in [0.3, 0.4) is 0 Å². The molecule has 4 rings (SSSR count). The van der Waals surface area contributed by atoms with Crippen molar-refractivity contribution in [3.8, 4) is 11.1 Å². The van der Waals surface area contributed by atoms with E-state index in [1.54, 1.807) is 0 Å².